The van der Waals surface area contributed by atoms with Crippen molar-refractivity contribution in [3.63, 3.8) is 0 Å². The van der Waals surface area contributed by atoms with Crippen molar-refractivity contribution in [3.8, 4) is 0 Å². The molecule has 3 atom stereocenters. The van der Waals surface area contributed by atoms with Crippen LogP contribution in [0.5, 0.6) is 0 Å². The first-order chi connectivity index (χ1) is 26.5. The van der Waals surface area contributed by atoms with Crippen LogP contribution in [0.25, 0.3) is 0 Å². The van der Waals surface area contributed by atoms with Gasteiger partial charge in [-0.2, -0.15) is 0 Å². The molecule has 3 N–H and O–H groups in total. The molecular formula is C46H94N2O6P+. The number of nitrogens with zero attached hydrogens (tertiary/aromatic N) is 1. The predicted molar refractivity (Wildman–Crippen MR) is 235 cm³/mol. The van der Waals surface area contributed by atoms with Crippen molar-refractivity contribution in [3.05, 3.63) is 12.2 Å². The molecule has 8 nitrogen and oxygen atoms in total. The van der Waals surface area contributed by atoms with E-state index in [2.05, 4.69) is 19.2 Å². The third-order valence-electron chi connectivity index (χ3n) is 10.8. The first-order valence-corrected chi connectivity index (χ1v) is 25.1. The molecule has 0 spiro atoms. The Morgan fingerprint density at radius 1 is 0.600 bits per heavy atom. The smallest absolute Gasteiger partial charge is 0.387 e. The molecule has 0 heterocycles. The zero-order valence-corrected chi connectivity index (χ0v) is 38.1. The van der Waals surface area contributed by atoms with Gasteiger partial charge in [0.05, 0.1) is 39.9 Å². The van der Waals surface area contributed by atoms with E-state index < -0.39 is 20.0 Å². The zero-order valence-electron chi connectivity index (χ0n) is 37.2. The van der Waals surface area contributed by atoms with Gasteiger partial charge in [0.1, 0.15) is 13.2 Å². The van der Waals surface area contributed by atoms with E-state index in [0.717, 1.165) is 38.5 Å². The Hall–Kier alpha value is -0.760. The lowest BCUT2D eigenvalue weighted by Gasteiger charge is -2.25. The van der Waals surface area contributed by atoms with E-state index in [1.165, 1.54) is 167 Å². The van der Waals surface area contributed by atoms with Gasteiger partial charge in [0, 0.05) is 6.42 Å². The molecule has 55 heavy (non-hydrogen) atoms. The van der Waals surface area contributed by atoms with Gasteiger partial charge in [-0.15, -0.1) is 0 Å². The first-order valence-electron chi connectivity index (χ1n) is 23.6. The summed E-state index contributed by atoms with van der Waals surface area (Å²) in [5, 5.41) is 13.8. The minimum atomic E-state index is -4.33. The largest absolute Gasteiger partial charge is 0.472 e. The molecule has 0 saturated heterocycles. The maximum Gasteiger partial charge on any atom is 0.472 e. The Labute approximate surface area is 342 Å². The number of likely N-dealkylation sites (N-methyl/N-ethyl adjacent to an activating group) is 1. The van der Waals surface area contributed by atoms with E-state index in [1.807, 2.05) is 27.2 Å². The van der Waals surface area contributed by atoms with Crippen LogP contribution in [0.3, 0.4) is 0 Å². The molecule has 0 bridgehead atoms. The van der Waals surface area contributed by atoms with Crippen molar-refractivity contribution in [2.45, 2.75) is 238 Å². The zero-order chi connectivity index (χ0) is 40.7. The fourth-order valence-electron chi connectivity index (χ4n) is 6.98. The number of carbonyl (C=O) groups excluding carboxylic acids is 1. The number of unbranched alkanes of at least 4 members (excludes halogenated alkanes) is 30. The summed E-state index contributed by atoms with van der Waals surface area (Å²) in [4.78, 5) is 23.1. The molecule has 0 saturated carbocycles. The van der Waals surface area contributed by atoms with Crippen molar-refractivity contribution in [2.24, 2.45) is 0 Å². The van der Waals surface area contributed by atoms with Gasteiger partial charge < -0.3 is 19.8 Å². The summed E-state index contributed by atoms with van der Waals surface area (Å²) in [6, 6.07) is -0.839. The number of phosphoric ester groups is 1. The minimum absolute atomic E-state index is 0.0645. The fourth-order valence-corrected chi connectivity index (χ4v) is 7.72. The molecule has 0 radical (unpaired) electrons. The van der Waals surface area contributed by atoms with Gasteiger partial charge in [-0.05, 0) is 19.3 Å². The number of phosphoric acid groups is 1. The SMILES string of the molecule is CCCCCCCCCCC/C=C/C(O)C(COP(=O)(O)OCC[N+](C)(C)C)NC(=O)CCCCCCCCCCCCCCCCCCCCCCCC. The number of amides is 1. The van der Waals surface area contributed by atoms with Crippen molar-refractivity contribution >= 4 is 13.7 Å². The Morgan fingerprint density at radius 2 is 0.964 bits per heavy atom. The fraction of sp³-hybridized carbons (Fsp3) is 0.935. The predicted octanol–water partition coefficient (Wildman–Crippen LogP) is 13.1. The van der Waals surface area contributed by atoms with Crippen LogP contribution in [0.2, 0.25) is 0 Å². The Morgan fingerprint density at radius 3 is 1.35 bits per heavy atom. The van der Waals surface area contributed by atoms with Crippen LogP contribution in [0, 0.1) is 0 Å². The summed E-state index contributed by atoms with van der Waals surface area (Å²) in [7, 11) is 1.58. The van der Waals surface area contributed by atoms with Crippen LogP contribution in [0.15, 0.2) is 12.2 Å². The van der Waals surface area contributed by atoms with E-state index in [-0.39, 0.29) is 19.1 Å². The third-order valence-corrected chi connectivity index (χ3v) is 11.7. The van der Waals surface area contributed by atoms with Crippen LogP contribution >= 0.6 is 7.82 Å². The number of aliphatic hydroxyl groups is 1. The van der Waals surface area contributed by atoms with Crippen molar-refractivity contribution in [1.29, 1.82) is 0 Å². The lowest BCUT2D eigenvalue weighted by molar-refractivity contribution is -0.870. The van der Waals surface area contributed by atoms with E-state index in [9.17, 15) is 19.4 Å². The number of rotatable bonds is 43. The highest BCUT2D eigenvalue weighted by molar-refractivity contribution is 7.47. The third kappa shape index (κ3) is 41.2. The number of allylic oxidation sites excluding steroid dienone is 1. The van der Waals surface area contributed by atoms with E-state index in [4.69, 9.17) is 9.05 Å². The number of quaternary nitrogens is 1. The molecule has 0 aromatic rings. The Balaban J connectivity index is 4.21. The summed E-state index contributed by atoms with van der Waals surface area (Å²) >= 11 is 0. The van der Waals surface area contributed by atoms with Crippen LogP contribution in [0.4, 0.5) is 0 Å². The van der Waals surface area contributed by atoms with Gasteiger partial charge in [0.2, 0.25) is 5.91 Å². The molecule has 0 aromatic carbocycles. The highest BCUT2D eigenvalue weighted by Gasteiger charge is 2.27. The molecule has 9 heteroatoms. The minimum Gasteiger partial charge on any atom is -0.387 e. The molecule has 328 valence electrons. The molecule has 0 aromatic heterocycles. The standard InChI is InChI=1S/C46H93N2O6P/c1-6-8-10-12-14-16-18-19-20-21-22-23-24-25-26-27-28-30-32-34-36-38-40-46(50)47-44(43-54-55(51,52)53-42-41-48(3,4)5)45(49)39-37-35-33-31-29-17-15-13-11-9-7-2/h37,39,44-45,49H,6-36,38,40-43H2,1-5H3,(H-,47,50,51,52)/p+1/b39-37+. The molecule has 0 rings (SSSR count). The molecule has 0 aliphatic heterocycles. The number of hydrogen-bond donors (Lipinski definition) is 3. The molecule has 3 unspecified atom stereocenters. The van der Waals surface area contributed by atoms with Crippen LogP contribution in [-0.2, 0) is 18.4 Å². The van der Waals surface area contributed by atoms with Crippen LogP contribution in [0.1, 0.15) is 226 Å². The van der Waals surface area contributed by atoms with E-state index >= 15 is 0 Å². The van der Waals surface area contributed by atoms with Crippen molar-refractivity contribution in [1.82, 2.24) is 5.32 Å². The number of carbonyl (C=O) groups is 1. The molecule has 0 aliphatic rings. The first kappa shape index (κ1) is 54.2. The molecular weight excluding hydrogens is 707 g/mol. The van der Waals surface area contributed by atoms with Crippen molar-refractivity contribution in [2.75, 3.05) is 40.9 Å². The second kappa shape index (κ2) is 38.7. The average Bonchev–Trinajstić information content (AvgIpc) is 3.13. The number of nitrogens with one attached hydrogen (secondary N) is 1. The highest BCUT2D eigenvalue weighted by Crippen LogP contribution is 2.43. The molecule has 0 aliphatic carbocycles. The Bertz CT molecular complexity index is 911. The molecule has 1 amide bonds. The number of aliphatic hydroxyl groups excluding tert-OH is 1. The summed E-state index contributed by atoms with van der Waals surface area (Å²) < 4.78 is 23.5. The normalized spacial score (nSPS) is 14.4. The second-order valence-corrected chi connectivity index (χ2v) is 18.9. The van der Waals surface area contributed by atoms with Crippen molar-refractivity contribution < 1.29 is 32.9 Å². The van der Waals surface area contributed by atoms with Gasteiger partial charge in [0.25, 0.3) is 0 Å². The lowest BCUT2D eigenvalue weighted by atomic mass is 10.0. The van der Waals surface area contributed by atoms with E-state index in [1.54, 1.807) is 6.08 Å². The van der Waals surface area contributed by atoms with Gasteiger partial charge >= 0.3 is 7.82 Å². The summed E-state index contributed by atoms with van der Waals surface area (Å²) in [5.41, 5.74) is 0. The van der Waals surface area contributed by atoms with Crippen LogP contribution < -0.4 is 5.32 Å². The Kier molecular flexibility index (Phi) is 38.2. The topological polar surface area (TPSA) is 105 Å². The lowest BCUT2D eigenvalue weighted by Crippen LogP contribution is -2.45. The average molecular weight is 802 g/mol. The molecule has 0 fully saturated rings. The number of hydrogen-bond acceptors (Lipinski definition) is 5. The van der Waals surface area contributed by atoms with E-state index in [0.29, 0.717) is 17.4 Å². The quantitative estimate of drug-likeness (QED) is 0.0245. The van der Waals surface area contributed by atoms with Gasteiger partial charge in [-0.25, -0.2) is 4.57 Å². The van der Waals surface area contributed by atoms with Gasteiger partial charge in [-0.1, -0.05) is 212 Å². The monoisotopic (exact) mass is 802 g/mol. The van der Waals surface area contributed by atoms with Gasteiger partial charge in [0.15, 0.2) is 0 Å². The van der Waals surface area contributed by atoms with Gasteiger partial charge in [-0.3, -0.25) is 13.8 Å². The summed E-state index contributed by atoms with van der Waals surface area (Å²) in [5.74, 6) is -0.174. The maximum absolute atomic E-state index is 12.9. The highest BCUT2D eigenvalue weighted by atomic mass is 31.2. The van der Waals surface area contributed by atoms with Crippen LogP contribution in [-0.4, -0.2) is 73.4 Å². The second-order valence-electron chi connectivity index (χ2n) is 17.5. The maximum atomic E-state index is 12.9. The summed E-state index contributed by atoms with van der Waals surface area (Å²) in [6.45, 7) is 4.82. The summed E-state index contributed by atoms with van der Waals surface area (Å²) in [6.07, 6.45) is 44.3.